The Morgan fingerprint density at radius 2 is 1.55 bits per heavy atom. The van der Waals surface area contributed by atoms with Gasteiger partial charge in [0, 0.05) is 19.4 Å². The van der Waals surface area contributed by atoms with Gasteiger partial charge in [-0.1, -0.05) is 65.7 Å². The van der Waals surface area contributed by atoms with E-state index in [1.807, 2.05) is 6.92 Å². The lowest BCUT2D eigenvalue weighted by atomic mass is 9.80. The van der Waals surface area contributed by atoms with Gasteiger partial charge >= 0.3 is 5.97 Å². The number of nitrogens with two attached hydrogens (primary N) is 1. The van der Waals surface area contributed by atoms with Gasteiger partial charge in [-0.15, -0.1) is 0 Å². The van der Waals surface area contributed by atoms with Crippen molar-refractivity contribution in [3.05, 3.63) is 0 Å². The van der Waals surface area contributed by atoms with Gasteiger partial charge in [0.25, 0.3) is 5.91 Å². The highest BCUT2D eigenvalue weighted by Crippen LogP contribution is 2.32. The van der Waals surface area contributed by atoms with Crippen LogP contribution in [0.3, 0.4) is 0 Å². The average molecular weight is 749 g/mol. The molecule has 16 heteroatoms. The van der Waals surface area contributed by atoms with Crippen molar-refractivity contribution < 1.29 is 48.2 Å². The van der Waals surface area contributed by atoms with E-state index in [2.05, 4.69) is 28.2 Å². The van der Waals surface area contributed by atoms with Crippen molar-refractivity contribution in [3.8, 4) is 0 Å². The predicted molar refractivity (Wildman–Crippen MR) is 193 cm³/mol. The first-order valence-electron chi connectivity index (χ1n) is 19.4. The molecule has 298 valence electrons. The number of hydrogen-bond donors (Lipinski definition) is 6. The quantitative estimate of drug-likeness (QED) is 0.0968. The van der Waals surface area contributed by atoms with Gasteiger partial charge in [0.05, 0.1) is 18.7 Å². The monoisotopic (exact) mass is 748 g/mol. The Morgan fingerprint density at radius 1 is 0.868 bits per heavy atom. The fourth-order valence-electron chi connectivity index (χ4n) is 7.62. The lowest BCUT2D eigenvalue weighted by Gasteiger charge is -2.35. The van der Waals surface area contributed by atoms with Gasteiger partial charge in [-0.2, -0.15) is 0 Å². The van der Waals surface area contributed by atoms with E-state index in [0.29, 0.717) is 25.2 Å². The van der Waals surface area contributed by atoms with Crippen molar-refractivity contribution in [2.24, 2.45) is 23.5 Å². The molecule has 0 bridgehead atoms. The smallest absolute Gasteiger partial charge is 0.329 e. The summed E-state index contributed by atoms with van der Waals surface area (Å²) < 4.78 is 5.52. The Kier molecular flexibility index (Phi) is 17.6. The van der Waals surface area contributed by atoms with Crippen molar-refractivity contribution >= 4 is 47.2 Å². The number of aliphatic carboxylic acids is 1. The number of ether oxygens (including phenoxy) is 1. The molecule has 0 radical (unpaired) electrons. The largest absolute Gasteiger partial charge is 0.480 e. The Hall–Kier alpha value is -4.08. The van der Waals surface area contributed by atoms with Crippen molar-refractivity contribution in [1.82, 2.24) is 26.2 Å². The average Bonchev–Trinajstić information content (AvgIpc) is 3.58. The summed E-state index contributed by atoms with van der Waals surface area (Å²) in [7, 11) is 0. The molecule has 1 saturated heterocycles. The minimum absolute atomic E-state index is 0.00523. The number of carbonyl (C=O) groups excluding carboxylic acids is 7. The number of carboxylic acid groups (broad SMARTS) is 1. The molecule has 3 rings (SSSR count). The Labute approximate surface area is 311 Å². The summed E-state index contributed by atoms with van der Waals surface area (Å²) in [6.45, 7) is 4.34. The van der Waals surface area contributed by atoms with Crippen LogP contribution in [-0.2, 0) is 43.1 Å². The topological polar surface area (TPSA) is 243 Å². The number of likely N-dealkylation sites (tertiary alicyclic amines) is 1. The highest BCUT2D eigenvalue weighted by Gasteiger charge is 2.45. The molecule has 1 heterocycles. The number of hydrogen-bond acceptors (Lipinski definition) is 9. The van der Waals surface area contributed by atoms with Gasteiger partial charge in [-0.3, -0.25) is 33.6 Å². The number of carbonyl (C=O) groups is 8. The van der Waals surface area contributed by atoms with Crippen LogP contribution in [0.15, 0.2) is 0 Å². The lowest BCUT2D eigenvalue weighted by Crippen LogP contribution is -2.58. The van der Waals surface area contributed by atoms with Gasteiger partial charge < -0.3 is 41.7 Å². The van der Waals surface area contributed by atoms with E-state index in [1.165, 1.54) is 4.90 Å². The Bertz CT molecular complexity index is 1310. The van der Waals surface area contributed by atoms with E-state index in [9.17, 15) is 43.5 Å². The van der Waals surface area contributed by atoms with Crippen LogP contribution >= 0.6 is 0 Å². The number of amides is 6. The predicted octanol–water partition coefficient (Wildman–Crippen LogP) is 1.08. The number of carboxylic acids is 1. The molecular weight excluding hydrogens is 688 g/mol. The molecule has 0 aromatic heterocycles. The maximum atomic E-state index is 14.4. The Balaban J connectivity index is 1.72. The number of nitrogens with one attached hydrogen (secondary N) is 4. The number of unbranched alkanes of at least 4 members (excludes halogenated alkanes) is 1. The van der Waals surface area contributed by atoms with Crippen LogP contribution in [0.4, 0.5) is 0 Å². The fraction of sp³-hybridized carbons (Fsp3) is 0.784. The van der Waals surface area contributed by atoms with Crippen LogP contribution < -0.4 is 27.0 Å². The van der Waals surface area contributed by atoms with Crippen molar-refractivity contribution in [1.29, 1.82) is 0 Å². The molecule has 0 aromatic rings. The zero-order valence-electron chi connectivity index (χ0n) is 31.5. The molecular formula is C37H60N6O10. The summed E-state index contributed by atoms with van der Waals surface area (Å²) in [5, 5.41) is 19.5. The minimum Gasteiger partial charge on any atom is -0.480 e. The first-order valence-corrected chi connectivity index (χ1v) is 19.4. The second kappa shape index (κ2) is 21.6. The summed E-state index contributed by atoms with van der Waals surface area (Å²) in [5.41, 5.74) is 5.35. The van der Waals surface area contributed by atoms with Gasteiger partial charge in [0.2, 0.25) is 35.3 Å². The number of primary amides is 1. The first-order chi connectivity index (χ1) is 25.2. The van der Waals surface area contributed by atoms with Crippen LogP contribution in [0.5, 0.6) is 0 Å². The SMILES string of the molecule is CCCCC(NC(=O)CNC(=O)C(=O)C(CC)NC(=O)[C@@H]1C[C@@H](OCC(=O)O)CN1C(=O)C(NC(=O)CC1CCC(C)CC1)C1CCCCC1)C(N)=O. The van der Waals surface area contributed by atoms with Gasteiger partial charge in [0.15, 0.2) is 0 Å². The molecule has 0 aromatic carbocycles. The molecule has 2 saturated carbocycles. The molecule has 5 atom stereocenters. The number of ketones is 1. The molecule has 6 amide bonds. The van der Waals surface area contributed by atoms with Crippen LogP contribution in [0.1, 0.15) is 117 Å². The van der Waals surface area contributed by atoms with E-state index in [4.69, 9.17) is 10.5 Å². The molecule has 1 aliphatic heterocycles. The third-order valence-corrected chi connectivity index (χ3v) is 10.8. The number of rotatable bonds is 20. The number of Topliss-reactive ketones (excluding diaryl/α,β-unsaturated/α-hetero) is 1. The van der Waals surface area contributed by atoms with Crippen LogP contribution in [0, 0.1) is 17.8 Å². The molecule has 53 heavy (non-hydrogen) atoms. The van der Waals surface area contributed by atoms with Crippen molar-refractivity contribution in [3.63, 3.8) is 0 Å². The van der Waals surface area contributed by atoms with E-state index >= 15 is 0 Å². The maximum Gasteiger partial charge on any atom is 0.329 e. The lowest BCUT2D eigenvalue weighted by molar-refractivity contribution is -0.145. The summed E-state index contributed by atoms with van der Waals surface area (Å²) in [4.78, 5) is 104. The summed E-state index contributed by atoms with van der Waals surface area (Å²) in [6.07, 6.45) is 9.45. The molecule has 0 spiro atoms. The molecule has 3 aliphatic rings. The maximum absolute atomic E-state index is 14.4. The summed E-state index contributed by atoms with van der Waals surface area (Å²) in [5.74, 6) is -5.53. The zero-order valence-corrected chi connectivity index (χ0v) is 31.5. The molecule has 7 N–H and O–H groups in total. The van der Waals surface area contributed by atoms with Crippen LogP contribution in [-0.4, -0.2) is 107 Å². The van der Waals surface area contributed by atoms with E-state index in [0.717, 1.165) is 64.2 Å². The van der Waals surface area contributed by atoms with Gasteiger partial charge in [-0.25, -0.2) is 4.79 Å². The molecule has 3 fully saturated rings. The normalized spacial score (nSPS) is 23.6. The number of nitrogens with zero attached hydrogens (tertiary/aromatic N) is 1. The molecule has 2 aliphatic carbocycles. The third-order valence-electron chi connectivity index (χ3n) is 10.8. The van der Waals surface area contributed by atoms with Gasteiger partial charge in [0.1, 0.15) is 24.7 Å². The first kappa shape index (κ1) is 43.3. The fourth-order valence-corrected chi connectivity index (χ4v) is 7.62. The molecule has 3 unspecified atom stereocenters. The van der Waals surface area contributed by atoms with Crippen molar-refractivity contribution in [2.45, 2.75) is 147 Å². The zero-order chi connectivity index (χ0) is 39.1. The highest BCUT2D eigenvalue weighted by molar-refractivity contribution is 6.38. The van der Waals surface area contributed by atoms with Crippen LogP contribution in [0.2, 0.25) is 0 Å². The second-order valence-electron chi connectivity index (χ2n) is 15.0. The van der Waals surface area contributed by atoms with Crippen LogP contribution in [0.25, 0.3) is 0 Å². The Morgan fingerprint density at radius 3 is 2.15 bits per heavy atom. The summed E-state index contributed by atoms with van der Waals surface area (Å²) in [6, 6.07) is -4.30. The third kappa shape index (κ3) is 13.7. The van der Waals surface area contributed by atoms with E-state index in [1.54, 1.807) is 6.92 Å². The second-order valence-corrected chi connectivity index (χ2v) is 15.0. The van der Waals surface area contributed by atoms with Gasteiger partial charge in [-0.05, 0) is 56.3 Å². The van der Waals surface area contributed by atoms with E-state index in [-0.39, 0.29) is 37.1 Å². The molecule has 16 nitrogen and oxygen atoms in total. The van der Waals surface area contributed by atoms with E-state index < -0.39 is 84.7 Å². The highest BCUT2D eigenvalue weighted by atomic mass is 16.5. The summed E-state index contributed by atoms with van der Waals surface area (Å²) >= 11 is 0. The standard InChI is InChI=1S/C37H60N6O10/c1-4-6-12-27(34(38)49)40-30(45)19-39-36(51)33(48)26(5-2)41-35(50)28-18-25(53-21-31(46)47)20-43(28)37(52)32(24-10-8-7-9-11-24)42-29(44)17-23-15-13-22(3)14-16-23/h22-28,32H,4-21H2,1-3H3,(H2,38,49)(H,39,51)(H,40,45)(H,41,50)(H,42,44)(H,46,47)/t22?,23?,25-,26?,27?,28+,32?/m1/s1. The minimum atomic E-state index is -1.31. The van der Waals surface area contributed by atoms with Crippen molar-refractivity contribution in [2.75, 3.05) is 19.7 Å².